The van der Waals surface area contributed by atoms with Crippen molar-refractivity contribution >= 4 is 5.69 Å². The van der Waals surface area contributed by atoms with Gasteiger partial charge in [-0.05, 0) is 31.2 Å². The maximum Gasteiger partial charge on any atom is 0.139 e. The summed E-state index contributed by atoms with van der Waals surface area (Å²) in [6.45, 7) is 3.04. The number of aryl methyl sites for hydroxylation is 1. The van der Waals surface area contributed by atoms with E-state index in [9.17, 15) is 0 Å². The van der Waals surface area contributed by atoms with E-state index >= 15 is 0 Å². The third kappa shape index (κ3) is 2.01. The van der Waals surface area contributed by atoms with Gasteiger partial charge in [0.1, 0.15) is 5.82 Å². The Kier molecular flexibility index (Phi) is 2.72. The van der Waals surface area contributed by atoms with Crippen molar-refractivity contribution in [1.29, 1.82) is 0 Å². The predicted octanol–water partition coefficient (Wildman–Crippen LogP) is 2.52. The van der Waals surface area contributed by atoms with Crippen molar-refractivity contribution in [3.05, 3.63) is 36.7 Å². The molecule has 0 aliphatic heterocycles. The maximum absolute atomic E-state index is 4.30. The molecule has 1 aromatic heterocycles. The van der Waals surface area contributed by atoms with Crippen LogP contribution in [-0.2, 0) is 7.05 Å². The minimum atomic E-state index is 0.946. The number of hydrogen-bond donors (Lipinski definition) is 1. The molecule has 0 bridgehead atoms. The fourth-order valence-corrected chi connectivity index (χ4v) is 1.59. The van der Waals surface area contributed by atoms with E-state index in [2.05, 4.69) is 41.5 Å². The molecule has 1 aromatic carbocycles. The van der Waals surface area contributed by atoms with Crippen LogP contribution < -0.4 is 5.32 Å². The molecule has 0 saturated heterocycles. The van der Waals surface area contributed by atoms with Crippen LogP contribution in [0.15, 0.2) is 36.7 Å². The summed E-state index contributed by atoms with van der Waals surface area (Å²) >= 11 is 0. The third-order valence-electron chi connectivity index (χ3n) is 2.35. The maximum atomic E-state index is 4.30. The zero-order chi connectivity index (χ0) is 10.7. The highest BCUT2D eigenvalue weighted by Crippen LogP contribution is 2.18. The van der Waals surface area contributed by atoms with Gasteiger partial charge in [-0.25, -0.2) is 4.98 Å². The van der Waals surface area contributed by atoms with E-state index in [1.54, 1.807) is 0 Å². The molecule has 0 atom stereocenters. The number of nitrogens with one attached hydrogen (secondary N) is 1. The molecule has 0 aliphatic carbocycles. The molecule has 0 saturated carbocycles. The normalized spacial score (nSPS) is 10.3. The topological polar surface area (TPSA) is 29.9 Å². The summed E-state index contributed by atoms with van der Waals surface area (Å²) in [4.78, 5) is 4.30. The van der Waals surface area contributed by atoms with Crippen molar-refractivity contribution in [1.82, 2.24) is 9.55 Å². The number of imidazole rings is 1. The SMILES string of the molecule is CCNc1ccc(-c2nccn2C)cc1. The largest absolute Gasteiger partial charge is 0.385 e. The molecular formula is C12H15N3. The lowest BCUT2D eigenvalue weighted by molar-refractivity contribution is 0.925. The van der Waals surface area contributed by atoms with Gasteiger partial charge in [-0.15, -0.1) is 0 Å². The Bertz CT molecular complexity index is 428. The summed E-state index contributed by atoms with van der Waals surface area (Å²) in [5.41, 5.74) is 2.29. The number of benzene rings is 1. The summed E-state index contributed by atoms with van der Waals surface area (Å²) < 4.78 is 2.02. The molecular weight excluding hydrogens is 186 g/mol. The van der Waals surface area contributed by atoms with Crippen LogP contribution in [0.2, 0.25) is 0 Å². The molecule has 15 heavy (non-hydrogen) atoms. The average molecular weight is 201 g/mol. The van der Waals surface area contributed by atoms with Crippen LogP contribution >= 0.6 is 0 Å². The fraction of sp³-hybridized carbons (Fsp3) is 0.250. The van der Waals surface area contributed by atoms with E-state index in [-0.39, 0.29) is 0 Å². The summed E-state index contributed by atoms with van der Waals surface area (Å²) in [5, 5.41) is 3.27. The van der Waals surface area contributed by atoms with Gasteiger partial charge >= 0.3 is 0 Å². The molecule has 1 heterocycles. The van der Waals surface area contributed by atoms with Crippen LogP contribution in [0.5, 0.6) is 0 Å². The van der Waals surface area contributed by atoms with E-state index < -0.39 is 0 Å². The van der Waals surface area contributed by atoms with Gasteiger partial charge in [-0.2, -0.15) is 0 Å². The number of rotatable bonds is 3. The first-order valence-electron chi connectivity index (χ1n) is 5.13. The highest BCUT2D eigenvalue weighted by atomic mass is 15.0. The van der Waals surface area contributed by atoms with Gasteiger partial charge in [-0.3, -0.25) is 0 Å². The van der Waals surface area contributed by atoms with Crippen molar-refractivity contribution in [3.63, 3.8) is 0 Å². The lowest BCUT2D eigenvalue weighted by Gasteiger charge is -2.05. The molecule has 1 N–H and O–H groups in total. The fourth-order valence-electron chi connectivity index (χ4n) is 1.59. The number of hydrogen-bond acceptors (Lipinski definition) is 2. The second kappa shape index (κ2) is 4.17. The Morgan fingerprint density at radius 2 is 2.00 bits per heavy atom. The standard InChI is InChI=1S/C12H15N3/c1-3-13-11-6-4-10(5-7-11)12-14-8-9-15(12)2/h4-9,13H,3H2,1-2H3. The van der Waals surface area contributed by atoms with Crippen molar-refractivity contribution in [2.45, 2.75) is 6.92 Å². The van der Waals surface area contributed by atoms with Crippen LogP contribution in [0, 0.1) is 0 Å². The Hall–Kier alpha value is -1.77. The van der Waals surface area contributed by atoms with Crippen molar-refractivity contribution in [2.75, 3.05) is 11.9 Å². The Morgan fingerprint density at radius 3 is 2.53 bits per heavy atom. The highest BCUT2D eigenvalue weighted by Gasteiger charge is 2.01. The summed E-state index contributed by atoms with van der Waals surface area (Å²) in [5.74, 6) is 0.998. The lowest BCUT2D eigenvalue weighted by atomic mass is 10.2. The zero-order valence-electron chi connectivity index (χ0n) is 9.07. The first kappa shape index (κ1) is 9.77. The number of anilines is 1. The highest BCUT2D eigenvalue weighted by molar-refractivity contribution is 5.60. The Labute approximate surface area is 89.8 Å². The van der Waals surface area contributed by atoms with Crippen molar-refractivity contribution in [3.8, 4) is 11.4 Å². The molecule has 2 rings (SSSR count). The molecule has 3 heteroatoms. The van der Waals surface area contributed by atoms with E-state index in [0.29, 0.717) is 0 Å². The number of aromatic nitrogens is 2. The first-order valence-corrected chi connectivity index (χ1v) is 5.13. The molecule has 0 aliphatic rings. The van der Waals surface area contributed by atoms with E-state index in [0.717, 1.165) is 23.6 Å². The van der Waals surface area contributed by atoms with Gasteiger partial charge in [0.25, 0.3) is 0 Å². The summed E-state index contributed by atoms with van der Waals surface area (Å²) in [7, 11) is 2.00. The second-order valence-electron chi connectivity index (χ2n) is 3.47. The second-order valence-corrected chi connectivity index (χ2v) is 3.47. The van der Waals surface area contributed by atoms with Crippen molar-refractivity contribution in [2.24, 2.45) is 7.05 Å². The van der Waals surface area contributed by atoms with E-state index in [4.69, 9.17) is 0 Å². The smallest absolute Gasteiger partial charge is 0.139 e. The Morgan fingerprint density at radius 1 is 1.27 bits per heavy atom. The van der Waals surface area contributed by atoms with Gasteiger partial charge in [0.2, 0.25) is 0 Å². The molecule has 3 nitrogen and oxygen atoms in total. The first-order chi connectivity index (χ1) is 7.31. The molecule has 2 aromatic rings. The monoisotopic (exact) mass is 201 g/mol. The molecule has 0 spiro atoms. The number of nitrogens with zero attached hydrogens (tertiary/aromatic N) is 2. The molecule has 78 valence electrons. The lowest BCUT2D eigenvalue weighted by Crippen LogP contribution is -1.96. The van der Waals surface area contributed by atoms with Gasteiger partial charge in [0, 0.05) is 37.2 Å². The Balaban J connectivity index is 2.28. The van der Waals surface area contributed by atoms with Gasteiger partial charge in [-0.1, -0.05) is 0 Å². The van der Waals surface area contributed by atoms with Gasteiger partial charge in [0.05, 0.1) is 0 Å². The van der Waals surface area contributed by atoms with Crippen LogP contribution in [0.4, 0.5) is 5.69 Å². The third-order valence-corrected chi connectivity index (χ3v) is 2.35. The zero-order valence-corrected chi connectivity index (χ0v) is 9.07. The van der Waals surface area contributed by atoms with Crippen LogP contribution in [0.25, 0.3) is 11.4 Å². The van der Waals surface area contributed by atoms with Crippen molar-refractivity contribution < 1.29 is 0 Å². The van der Waals surface area contributed by atoms with E-state index in [1.165, 1.54) is 0 Å². The quantitative estimate of drug-likeness (QED) is 0.827. The predicted molar refractivity (Wildman–Crippen MR) is 62.8 cm³/mol. The molecule has 0 fully saturated rings. The summed E-state index contributed by atoms with van der Waals surface area (Å²) in [6.07, 6.45) is 3.76. The summed E-state index contributed by atoms with van der Waals surface area (Å²) in [6, 6.07) is 8.32. The van der Waals surface area contributed by atoms with Crippen LogP contribution in [0.3, 0.4) is 0 Å². The average Bonchev–Trinajstić information content (AvgIpc) is 2.66. The minimum Gasteiger partial charge on any atom is -0.385 e. The molecule has 0 amide bonds. The molecule has 0 radical (unpaired) electrons. The van der Waals surface area contributed by atoms with E-state index in [1.807, 2.05) is 24.0 Å². The van der Waals surface area contributed by atoms with Crippen LogP contribution in [0.1, 0.15) is 6.92 Å². The van der Waals surface area contributed by atoms with Gasteiger partial charge in [0.15, 0.2) is 0 Å². The van der Waals surface area contributed by atoms with Gasteiger partial charge < -0.3 is 9.88 Å². The molecule has 0 unspecified atom stereocenters. The van der Waals surface area contributed by atoms with Crippen LogP contribution in [-0.4, -0.2) is 16.1 Å². The minimum absolute atomic E-state index is 0.946.